The fourth-order valence-corrected chi connectivity index (χ4v) is 26.6. The van der Waals surface area contributed by atoms with Gasteiger partial charge in [0.05, 0.1) is 58.2 Å². The van der Waals surface area contributed by atoms with E-state index in [9.17, 15) is 84.7 Å². The Labute approximate surface area is 846 Å². The fraction of sp³-hybridized carbons (Fsp3) is 0.597. The minimum absolute atomic E-state index is 0.000865. The van der Waals surface area contributed by atoms with Crippen molar-refractivity contribution in [2.45, 2.75) is 229 Å². The minimum Gasteiger partial charge on any atom is -0.383 e. The molecule has 11 N–H and O–H groups in total. The molecule has 15 rings (SSSR count). The largest absolute Gasteiger partial charge is 0.386 e. The molecule has 7 aliphatic heterocycles. The molecule has 72 heteroatoms. The number of imidazole rings is 1. The average molecular weight is 2290 g/mol. The maximum Gasteiger partial charge on any atom is 0.386 e. The highest BCUT2D eigenvalue weighted by Crippen LogP contribution is 2.65. The van der Waals surface area contributed by atoms with Crippen LogP contribution in [0.4, 0.5) is 17.6 Å². The predicted octanol–water partition coefficient (Wildman–Crippen LogP) is 5.56. The van der Waals surface area contributed by atoms with Gasteiger partial charge in [0, 0.05) is 123 Å². The molecule has 792 valence electrons. The molecule has 28 atom stereocenters. The highest BCUT2D eigenvalue weighted by molar-refractivity contribution is 8.46. The number of aromatic amines is 5. The Morgan fingerprint density at radius 3 is 0.812 bits per heavy atom. The molecule has 0 aliphatic carbocycles. The first-order valence-electron chi connectivity index (χ1n) is 43.3. The van der Waals surface area contributed by atoms with Gasteiger partial charge in [0.15, 0.2) is 11.2 Å². The monoisotopic (exact) mass is 2290 g/mol. The number of H-pyrrole nitrogens is 5. The van der Waals surface area contributed by atoms with Gasteiger partial charge in [-0.05, 0) is 48.0 Å². The molecule has 144 heavy (non-hydrogen) atoms. The van der Waals surface area contributed by atoms with E-state index in [1.54, 1.807) is 13.8 Å². The van der Waals surface area contributed by atoms with Crippen LogP contribution in [0.5, 0.6) is 0 Å². The van der Waals surface area contributed by atoms with Crippen LogP contribution in [0.15, 0.2) is 96.2 Å². The molecule has 0 bridgehead atoms. The molecular formula is C72H98N19O39P7S7. The maximum atomic E-state index is 15.0. The van der Waals surface area contributed by atoms with Crippen LogP contribution in [0.25, 0.3) is 11.2 Å². The summed E-state index contributed by atoms with van der Waals surface area (Å²) in [6, 6.07) is 0. The lowest BCUT2D eigenvalue weighted by atomic mass is 10.1. The van der Waals surface area contributed by atoms with Crippen LogP contribution < -0.4 is 79.1 Å². The zero-order valence-corrected chi connectivity index (χ0v) is 88.9. The summed E-state index contributed by atoms with van der Waals surface area (Å²) in [5.74, 6) is -0.530. The summed E-state index contributed by atoms with van der Waals surface area (Å²) >= 11 is 29.7. The first-order chi connectivity index (χ1) is 67.5. The predicted molar refractivity (Wildman–Crippen MR) is 525 cm³/mol. The smallest absolute Gasteiger partial charge is 0.383 e. The van der Waals surface area contributed by atoms with Crippen LogP contribution in [-0.2, 0) is 128 Å². The van der Waals surface area contributed by atoms with Gasteiger partial charge >= 0.3 is 81.7 Å². The number of aryl methyl sites for hydroxylation is 6. The molecule has 0 spiro atoms. The van der Waals surface area contributed by atoms with Crippen molar-refractivity contribution in [3.05, 3.63) is 192 Å². The molecule has 7 aliphatic rings. The Kier molecular flexibility index (Phi) is 34.7. The number of aromatic nitrogens is 16. The van der Waals surface area contributed by atoms with Gasteiger partial charge in [-0.25, -0.2) is 65.7 Å². The Morgan fingerprint density at radius 2 is 0.556 bits per heavy atom. The third kappa shape index (κ3) is 26.8. The number of hydrogen-bond acceptors (Lipinski definition) is 46. The second kappa shape index (κ2) is 44.8. The Bertz CT molecular complexity index is 7310. The number of nitrogens with one attached hydrogen (secondary N) is 5. The Hall–Kier alpha value is -6.55. The van der Waals surface area contributed by atoms with Gasteiger partial charge in [-0.1, -0.05) is 92.7 Å². The second-order valence-electron chi connectivity index (χ2n) is 33.9. The number of hydrogen-bond donors (Lipinski definition) is 15. The first-order valence-corrected chi connectivity index (χ1v) is 62.2. The van der Waals surface area contributed by atoms with E-state index in [0.29, 0.717) is 5.56 Å². The molecule has 8 aromatic rings. The molecule has 8 aromatic heterocycles. The van der Waals surface area contributed by atoms with Crippen LogP contribution in [-0.4, -0.2) is 209 Å². The van der Waals surface area contributed by atoms with E-state index >= 15 is 0 Å². The van der Waals surface area contributed by atoms with Crippen LogP contribution in [0.2, 0.25) is 0 Å². The van der Waals surface area contributed by atoms with Crippen molar-refractivity contribution in [3.8, 4) is 0 Å². The van der Waals surface area contributed by atoms with Crippen molar-refractivity contribution >= 4 is 162 Å². The summed E-state index contributed by atoms with van der Waals surface area (Å²) < 4.78 is 234. The zero-order valence-electron chi connectivity index (χ0n) is 76.4. The summed E-state index contributed by atoms with van der Waals surface area (Å²) in [6.45, 7) is -27.7. The third-order valence-corrected chi connectivity index (χ3v) is 35.4. The van der Waals surface area contributed by atoms with Gasteiger partial charge in [0.1, 0.15) is 128 Å². The lowest BCUT2D eigenvalue weighted by Crippen LogP contribution is -2.33. The van der Waals surface area contributed by atoms with Gasteiger partial charge in [0.25, 0.3) is 27.8 Å². The van der Waals surface area contributed by atoms with Crippen LogP contribution in [0.3, 0.4) is 0 Å². The second-order valence-corrected chi connectivity index (χ2v) is 54.1. The lowest BCUT2D eigenvalue weighted by molar-refractivity contribution is -0.0542. The summed E-state index contributed by atoms with van der Waals surface area (Å²) in [6.07, 6.45) is -22.6. The number of ether oxygens (including phenoxy) is 7. The van der Waals surface area contributed by atoms with E-state index < -0.39 is 304 Å². The number of nitrogens with two attached hydrogens (primary N) is 3. The van der Waals surface area contributed by atoms with E-state index in [1.807, 2.05) is 0 Å². The van der Waals surface area contributed by atoms with Crippen LogP contribution in [0, 0.1) is 41.5 Å². The molecule has 0 aromatic carbocycles. The molecule has 7 fully saturated rings. The van der Waals surface area contributed by atoms with Crippen molar-refractivity contribution in [1.82, 2.24) is 76.8 Å². The molecule has 0 radical (unpaired) electrons. The van der Waals surface area contributed by atoms with Crippen molar-refractivity contribution in [3.63, 3.8) is 0 Å². The first kappa shape index (κ1) is 112. The number of thiol groups is 7. The summed E-state index contributed by atoms with van der Waals surface area (Å²) in [4.78, 5) is 170. The van der Waals surface area contributed by atoms with E-state index in [1.165, 1.54) is 64.1 Å². The average Bonchev–Trinajstić information content (AvgIpc) is 1.62. The molecule has 0 amide bonds. The summed E-state index contributed by atoms with van der Waals surface area (Å²) in [7, 11) is 1.06. The van der Waals surface area contributed by atoms with Crippen molar-refractivity contribution in [1.29, 1.82) is 0 Å². The van der Waals surface area contributed by atoms with Crippen molar-refractivity contribution in [2.24, 2.45) is 0 Å². The Morgan fingerprint density at radius 1 is 0.326 bits per heavy atom. The SMILES string of the molecule is CC[C@H]1O[C@@H](n2cc(C)c(=O)[nH]c2=O)C[C@H]1OP(=O)(S)OC[C@H]1O[C@@H](n2cc(C)c(N)nc2=O)C[C@H]1OP(=O)(S)OC[C@H]1O[C@@H](n2cc(C)c(N)nc2=O)C[C@H]1OP(=O)(S)OC[C@H]1O[C@@H](n2cc(C)c(=O)[nH]c2=O)C[C@H]1OP(=O)(S)OC[C@H]1O[C@@H](n2cc(C)c(=O)[nH]c2=O)C[C@H]1OP(=O)(S)OC[C@H]1O[C@@H](n2cc(C)c(=O)[nH]c2=O)C[C@H]1OP(=O)(S)OC[C@H]1O[C@@H](n2cnc3c(=O)[nH]c(N)nc32)C[C@H]1OP(=O)(S)OC. The van der Waals surface area contributed by atoms with Gasteiger partial charge in [-0.3, -0.25) is 140 Å². The molecule has 0 saturated carbocycles. The fourth-order valence-electron chi connectivity index (χ4n) is 16.5. The summed E-state index contributed by atoms with van der Waals surface area (Å²) in [5, 5.41) is 0. The highest BCUT2D eigenvalue weighted by Gasteiger charge is 2.53. The molecular weight excluding hydrogens is 2200 g/mol. The minimum atomic E-state index is -4.97. The molecule has 58 nitrogen and oxygen atoms in total. The van der Waals surface area contributed by atoms with E-state index in [4.69, 9.17) is 114 Å². The number of anilines is 3. The quantitative estimate of drug-likeness (QED) is 0.0165. The number of rotatable bonds is 41. The maximum absolute atomic E-state index is 15.0. The third-order valence-electron chi connectivity index (χ3n) is 23.7. The van der Waals surface area contributed by atoms with Gasteiger partial charge in [-0.15, -0.1) is 0 Å². The molecule has 7 unspecified atom stereocenters. The summed E-state index contributed by atoms with van der Waals surface area (Å²) in [5.41, 5.74) is 9.21. The molecule has 7 saturated heterocycles. The normalized spacial score (nSPS) is 29.6. The topological polar surface area (TPSA) is 744 Å². The van der Waals surface area contributed by atoms with Crippen LogP contribution in [0.1, 0.15) is 135 Å². The van der Waals surface area contributed by atoms with Crippen molar-refractivity contribution in [2.75, 3.05) is 64.0 Å². The van der Waals surface area contributed by atoms with Gasteiger partial charge in [0.2, 0.25) is 5.95 Å². The standard InChI is InChI=1S/C72H98N19O39P7S7/c1-9-36-37(10-50(117-36)87-19-32(4)61(92)81-69(87)99)125-132(104,139)111-24-45-39(11-51(118-45)85-17-30(2)58(73)77-67(85)97)126-134(106,141)113-25-46-40(12-52(119-46)86-18-31(3)59(74)78-68(86)98)127-135(107,142)114-26-48-42(14-54(121-48)89-21-34(6)63(94)83-71(89)101)129-137(109,144)116-28-49-43(15-55(122-49)90-22-35(7)64(95)84-72(90)102)130-136(108,143)115-27-47-41(13-53(120-47)88-20-33(5)62(93)82-70(88)100)128-133(105,140)112-23-44-38(124-131(103,138)110-8)16-56(123-44)91-29-76-57-60(91)79-66(75)80-65(57)96/h17-22,29,36-56H,9-16,23-28H2,1-8H3,(H,103,138)(H,104,139)(H,105,140)(H,106,141)(H,107,142)(H,108,143)(H,109,144)(H2,73,77,97)(H2,74,78,98)(H,81,92,99)(H,82,93,100)(H,83,94,101)(H,84,95,102)(H3,75,79,80,96)/t36-,37-,38-,39-,40-,41-,42-,43-,44-,45-,46-,47-,48-,49-,50-,51-,52-,53-,54-,55-,56-,131?,132?,133?,134?,135?,136?,137?/m1/s1. The van der Waals surface area contributed by atoms with Gasteiger partial charge in [-0.2, -0.15) is 15.0 Å². The lowest BCUT2D eigenvalue weighted by Gasteiger charge is -2.27. The van der Waals surface area contributed by atoms with Gasteiger partial charge < -0.3 is 54.9 Å². The number of fused-ring (bicyclic) bond motifs is 1. The number of nitrogens with zero attached hydrogens (tertiary/aromatic N) is 11. The number of nitrogen functional groups attached to an aromatic ring is 3. The zero-order chi connectivity index (χ0) is 104. The van der Waals surface area contributed by atoms with E-state index in [2.05, 4.69) is 131 Å². The Balaban J connectivity index is 0.632. The molecule has 15 heterocycles. The van der Waals surface area contributed by atoms with Crippen LogP contribution >= 0.6 is 133 Å². The highest BCUT2D eigenvalue weighted by atomic mass is 32.7. The van der Waals surface area contributed by atoms with E-state index in [0.717, 1.165) is 53.1 Å². The van der Waals surface area contributed by atoms with E-state index in [-0.39, 0.29) is 82.2 Å². The van der Waals surface area contributed by atoms with Crippen molar-refractivity contribution < 1.29 is 128 Å².